The molecule has 10 heteroatoms. The topological polar surface area (TPSA) is 121 Å². The molecule has 0 aliphatic rings. The Morgan fingerprint density at radius 1 is 1.17 bits per heavy atom. The van der Waals surface area contributed by atoms with Crippen LogP contribution in [0.3, 0.4) is 0 Å². The number of carbonyl (C=O) groups excluding carboxylic acids is 1. The van der Waals surface area contributed by atoms with Crippen LogP contribution in [-0.2, 0) is 0 Å². The van der Waals surface area contributed by atoms with Crippen LogP contribution in [-0.4, -0.2) is 45.4 Å². The Bertz CT molecular complexity index is 973. The fourth-order valence-electron chi connectivity index (χ4n) is 2.57. The van der Waals surface area contributed by atoms with Gasteiger partial charge in [0.15, 0.2) is 0 Å². The van der Waals surface area contributed by atoms with E-state index in [4.69, 9.17) is 9.47 Å². The highest BCUT2D eigenvalue weighted by Gasteiger charge is 2.19. The average Bonchev–Trinajstić information content (AvgIpc) is 3.26. The van der Waals surface area contributed by atoms with Gasteiger partial charge in [-0.1, -0.05) is 0 Å². The summed E-state index contributed by atoms with van der Waals surface area (Å²) in [6.07, 6.45) is 2.62. The molecule has 0 unspecified atom stereocenters. The van der Waals surface area contributed by atoms with Crippen molar-refractivity contribution in [2.24, 2.45) is 0 Å². The van der Waals surface area contributed by atoms with Gasteiger partial charge in [0, 0.05) is 11.6 Å². The maximum Gasteiger partial charge on any atom is 0.295 e. The number of hydrogen-bond acceptors (Lipinski definition) is 7. The lowest BCUT2D eigenvalue weighted by molar-refractivity contribution is -0.384. The van der Waals surface area contributed by atoms with Crippen molar-refractivity contribution in [3.63, 3.8) is 0 Å². The zero-order valence-corrected chi connectivity index (χ0v) is 15.6. The molecule has 1 heterocycles. The summed E-state index contributed by atoms with van der Waals surface area (Å²) in [5, 5.41) is 17.9. The van der Waals surface area contributed by atoms with Gasteiger partial charge in [-0.3, -0.25) is 14.9 Å². The minimum Gasteiger partial charge on any atom is -0.494 e. The summed E-state index contributed by atoms with van der Waals surface area (Å²) in [5.74, 6) is 0.966. The summed E-state index contributed by atoms with van der Waals surface area (Å²) in [6, 6.07) is 11.3. The lowest BCUT2D eigenvalue weighted by atomic mass is 10.1. The van der Waals surface area contributed by atoms with Crippen LogP contribution in [0.2, 0.25) is 0 Å². The minimum absolute atomic E-state index is 0.168. The minimum atomic E-state index is -0.567. The van der Waals surface area contributed by atoms with Crippen LogP contribution in [0.15, 0.2) is 55.1 Å². The first kappa shape index (κ1) is 19.8. The molecule has 0 aliphatic heterocycles. The SMILES string of the molecule is CCOc1ccc(OCCNC(=O)c2ccc(-n3cncn3)c([N+](=O)[O-])c2)cc1. The molecule has 1 amide bonds. The second-order valence-corrected chi connectivity index (χ2v) is 5.81. The molecular formula is C19H19N5O5. The van der Waals surface area contributed by atoms with Gasteiger partial charge in [-0.2, -0.15) is 5.10 Å². The largest absolute Gasteiger partial charge is 0.494 e. The fraction of sp³-hybridized carbons (Fsp3) is 0.211. The van der Waals surface area contributed by atoms with Gasteiger partial charge in [0.2, 0.25) is 0 Å². The molecule has 3 rings (SSSR count). The Hall–Kier alpha value is -3.95. The Morgan fingerprint density at radius 3 is 2.52 bits per heavy atom. The van der Waals surface area contributed by atoms with Gasteiger partial charge in [0.25, 0.3) is 11.6 Å². The van der Waals surface area contributed by atoms with Crippen LogP contribution in [0.4, 0.5) is 5.69 Å². The van der Waals surface area contributed by atoms with Crippen LogP contribution < -0.4 is 14.8 Å². The maximum absolute atomic E-state index is 12.3. The number of nitro groups is 1. The number of aromatic nitrogens is 3. The lowest BCUT2D eigenvalue weighted by Crippen LogP contribution is -2.28. The van der Waals surface area contributed by atoms with Crippen LogP contribution in [0.25, 0.3) is 5.69 Å². The van der Waals surface area contributed by atoms with Gasteiger partial charge >= 0.3 is 0 Å². The van der Waals surface area contributed by atoms with E-state index in [2.05, 4.69) is 15.4 Å². The third-order valence-electron chi connectivity index (χ3n) is 3.89. The van der Waals surface area contributed by atoms with Crippen LogP contribution >= 0.6 is 0 Å². The molecule has 0 radical (unpaired) electrons. The highest BCUT2D eigenvalue weighted by atomic mass is 16.6. The summed E-state index contributed by atoms with van der Waals surface area (Å²) >= 11 is 0. The van der Waals surface area contributed by atoms with Gasteiger partial charge < -0.3 is 14.8 Å². The summed E-state index contributed by atoms with van der Waals surface area (Å²) in [7, 11) is 0. The highest BCUT2D eigenvalue weighted by Crippen LogP contribution is 2.23. The van der Waals surface area contributed by atoms with E-state index in [0.29, 0.717) is 12.4 Å². The summed E-state index contributed by atoms with van der Waals surface area (Å²) in [4.78, 5) is 26.9. The standard InChI is InChI=1S/C19H19N5O5/c1-2-28-15-4-6-16(7-5-15)29-10-9-21-19(25)14-3-8-17(18(11-14)24(26)27)23-13-20-12-22-23/h3-8,11-13H,2,9-10H2,1H3,(H,21,25). The van der Waals surface area contributed by atoms with Gasteiger partial charge in [-0.05, 0) is 43.3 Å². The molecule has 0 fully saturated rings. The van der Waals surface area contributed by atoms with E-state index in [0.717, 1.165) is 5.75 Å². The number of nitro benzene ring substituents is 1. The van der Waals surface area contributed by atoms with Gasteiger partial charge in [0.1, 0.15) is 36.4 Å². The molecule has 2 aromatic carbocycles. The first-order chi connectivity index (χ1) is 14.1. The number of amides is 1. The van der Waals surface area contributed by atoms with Crippen molar-refractivity contribution in [3.8, 4) is 17.2 Å². The van der Waals surface area contributed by atoms with Crippen molar-refractivity contribution in [2.75, 3.05) is 19.8 Å². The second-order valence-electron chi connectivity index (χ2n) is 5.81. The first-order valence-corrected chi connectivity index (χ1v) is 8.85. The average molecular weight is 397 g/mol. The number of nitrogens with one attached hydrogen (secondary N) is 1. The Balaban J connectivity index is 1.56. The number of ether oxygens (including phenoxy) is 2. The quantitative estimate of drug-likeness (QED) is 0.334. The molecule has 1 N–H and O–H groups in total. The third-order valence-corrected chi connectivity index (χ3v) is 3.89. The highest BCUT2D eigenvalue weighted by molar-refractivity contribution is 5.95. The molecule has 150 valence electrons. The van der Waals surface area contributed by atoms with Crippen LogP contribution in [0.1, 0.15) is 17.3 Å². The predicted molar refractivity (Wildman–Crippen MR) is 103 cm³/mol. The van der Waals surface area contributed by atoms with Crippen molar-refractivity contribution >= 4 is 11.6 Å². The summed E-state index contributed by atoms with van der Waals surface area (Å²) in [5.41, 5.74) is 0.151. The molecular weight excluding hydrogens is 378 g/mol. The van der Waals surface area contributed by atoms with E-state index in [1.807, 2.05) is 6.92 Å². The van der Waals surface area contributed by atoms with Gasteiger partial charge in [-0.15, -0.1) is 0 Å². The molecule has 0 spiro atoms. The van der Waals surface area contributed by atoms with Crippen LogP contribution in [0.5, 0.6) is 11.5 Å². The molecule has 29 heavy (non-hydrogen) atoms. The normalized spacial score (nSPS) is 10.4. The molecule has 0 saturated carbocycles. The van der Waals surface area contributed by atoms with Crippen molar-refractivity contribution in [1.82, 2.24) is 20.1 Å². The molecule has 0 bridgehead atoms. The van der Waals surface area contributed by atoms with E-state index in [1.54, 1.807) is 24.3 Å². The number of rotatable bonds is 9. The number of carbonyl (C=O) groups is 1. The monoisotopic (exact) mass is 397 g/mol. The van der Waals surface area contributed by atoms with E-state index >= 15 is 0 Å². The Morgan fingerprint density at radius 2 is 1.90 bits per heavy atom. The predicted octanol–water partition coefficient (Wildman–Crippen LogP) is 2.38. The number of nitrogens with zero attached hydrogens (tertiary/aromatic N) is 4. The lowest BCUT2D eigenvalue weighted by Gasteiger charge is -2.09. The summed E-state index contributed by atoms with van der Waals surface area (Å²) < 4.78 is 12.2. The molecule has 3 aromatic rings. The van der Waals surface area contributed by atoms with E-state index in [9.17, 15) is 14.9 Å². The van der Waals surface area contributed by atoms with Crippen molar-refractivity contribution < 1.29 is 19.2 Å². The smallest absolute Gasteiger partial charge is 0.295 e. The Labute approximate surface area is 166 Å². The molecule has 0 atom stereocenters. The second kappa shape index (κ2) is 9.31. The van der Waals surface area contributed by atoms with E-state index in [-0.39, 0.29) is 30.1 Å². The fourth-order valence-corrected chi connectivity index (χ4v) is 2.57. The van der Waals surface area contributed by atoms with Crippen molar-refractivity contribution in [2.45, 2.75) is 6.92 Å². The third kappa shape index (κ3) is 5.06. The van der Waals surface area contributed by atoms with E-state index in [1.165, 1.54) is 35.5 Å². The van der Waals surface area contributed by atoms with Crippen molar-refractivity contribution in [3.05, 3.63) is 70.8 Å². The first-order valence-electron chi connectivity index (χ1n) is 8.85. The Kier molecular flexibility index (Phi) is 6.36. The molecule has 1 aromatic heterocycles. The summed E-state index contributed by atoms with van der Waals surface area (Å²) in [6.45, 7) is 2.98. The zero-order valence-electron chi connectivity index (χ0n) is 15.6. The van der Waals surface area contributed by atoms with Gasteiger partial charge in [0.05, 0.1) is 18.1 Å². The van der Waals surface area contributed by atoms with E-state index < -0.39 is 10.8 Å². The zero-order chi connectivity index (χ0) is 20.6. The number of benzene rings is 2. The molecule has 0 saturated heterocycles. The van der Waals surface area contributed by atoms with Gasteiger partial charge in [-0.25, -0.2) is 9.67 Å². The molecule has 0 aliphatic carbocycles. The maximum atomic E-state index is 12.3. The van der Waals surface area contributed by atoms with Crippen LogP contribution in [0, 0.1) is 10.1 Å². The van der Waals surface area contributed by atoms with Crippen molar-refractivity contribution in [1.29, 1.82) is 0 Å². The molecule has 10 nitrogen and oxygen atoms in total. The number of hydrogen-bond donors (Lipinski definition) is 1.